The average molecular weight is 724 g/mol. The molecule has 1 aromatic heterocycles. The molecule has 2 aliphatic carbocycles. The lowest BCUT2D eigenvalue weighted by atomic mass is 9.81. The van der Waals surface area contributed by atoms with Crippen LogP contribution in [0.25, 0.3) is 33.2 Å². The Morgan fingerprint density at radius 2 is 1.23 bits per heavy atom. The number of hydrogen-bond acceptors (Lipinski definition) is 4. The molecule has 56 heavy (non-hydrogen) atoms. The van der Waals surface area contributed by atoms with E-state index in [4.69, 9.17) is 9.41 Å². The maximum atomic E-state index is 6.51. The molecule has 0 spiro atoms. The second kappa shape index (κ2) is 11.9. The summed E-state index contributed by atoms with van der Waals surface area (Å²) in [6, 6.07) is 59.0. The number of anilines is 3. The summed E-state index contributed by atoms with van der Waals surface area (Å²) in [5, 5.41) is 4.84. The Morgan fingerprint density at radius 3 is 2.07 bits per heavy atom. The third kappa shape index (κ3) is 4.62. The molecule has 0 saturated heterocycles. The lowest BCUT2D eigenvalue weighted by Crippen LogP contribution is -2.32. The Balaban J connectivity index is 1.12. The Labute approximate surface area is 327 Å². The van der Waals surface area contributed by atoms with Crippen molar-refractivity contribution in [1.82, 2.24) is 5.32 Å². The molecule has 8 aromatic rings. The number of nitrogens with zero attached hydrogens (tertiary/aromatic N) is 2. The van der Waals surface area contributed by atoms with Crippen LogP contribution in [-0.4, -0.2) is 5.84 Å². The van der Waals surface area contributed by atoms with Crippen LogP contribution in [-0.2, 0) is 10.8 Å². The molecule has 0 bridgehead atoms. The summed E-state index contributed by atoms with van der Waals surface area (Å²) >= 11 is 0. The first-order valence-electron chi connectivity index (χ1n) is 19.6. The second-order valence-corrected chi connectivity index (χ2v) is 16.4. The van der Waals surface area contributed by atoms with E-state index in [1.54, 1.807) is 0 Å². The predicted octanol–water partition coefficient (Wildman–Crippen LogP) is 13.3. The number of furan rings is 1. The van der Waals surface area contributed by atoms with Crippen LogP contribution >= 0.6 is 0 Å². The minimum Gasteiger partial charge on any atom is -0.456 e. The topological polar surface area (TPSA) is 40.8 Å². The average Bonchev–Trinajstić information content (AvgIpc) is 3.81. The van der Waals surface area contributed by atoms with Gasteiger partial charge < -0.3 is 14.6 Å². The highest BCUT2D eigenvalue weighted by molar-refractivity contribution is 6.07. The van der Waals surface area contributed by atoms with Crippen molar-refractivity contribution in [3.05, 3.63) is 203 Å². The highest BCUT2D eigenvalue weighted by Crippen LogP contribution is 2.58. The molecule has 11 rings (SSSR count). The summed E-state index contributed by atoms with van der Waals surface area (Å²) in [5.41, 5.74) is 17.5. The largest absolute Gasteiger partial charge is 0.456 e. The fraction of sp³-hybridized carbons (Fsp3) is 0.135. The summed E-state index contributed by atoms with van der Waals surface area (Å²) in [4.78, 5) is 7.84. The van der Waals surface area contributed by atoms with Gasteiger partial charge in [-0.3, -0.25) is 0 Å². The molecule has 4 heteroatoms. The molecule has 0 radical (unpaired) electrons. The third-order valence-corrected chi connectivity index (χ3v) is 12.5. The van der Waals surface area contributed by atoms with Crippen LogP contribution < -0.4 is 10.2 Å². The first-order valence-corrected chi connectivity index (χ1v) is 19.6. The smallest absolute Gasteiger partial charge is 0.157 e. The van der Waals surface area contributed by atoms with E-state index in [2.05, 4.69) is 190 Å². The minimum atomic E-state index is -0.210. The molecule has 0 amide bonds. The zero-order chi connectivity index (χ0) is 37.8. The molecular weight excluding hydrogens is 683 g/mol. The number of amidine groups is 1. The lowest BCUT2D eigenvalue weighted by Gasteiger charge is -2.33. The van der Waals surface area contributed by atoms with Gasteiger partial charge in [-0.25, -0.2) is 4.99 Å². The second-order valence-electron chi connectivity index (χ2n) is 16.4. The van der Waals surface area contributed by atoms with Gasteiger partial charge in [0.15, 0.2) is 5.76 Å². The summed E-state index contributed by atoms with van der Waals surface area (Å²) in [5.74, 6) is 1.68. The van der Waals surface area contributed by atoms with Crippen molar-refractivity contribution in [3.8, 4) is 22.3 Å². The Hall–Kier alpha value is -6.65. The van der Waals surface area contributed by atoms with Crippen molar-refractivity contribution < 1.29 is 4.42 Å². The van der Waals surface area contributed by atoms with E-state index in [-0.39, 0.29) is 16.9 Å². The van der Waals surface area contributed by atoms with E-state index in [1.165, 1.54) is 55.9 Å². The van der Waals surface area contributed by atoms with Crippen molar-refractivity contribution in [3.63, 3.8) is 0 Å². The van der Waals surface area contributed by atoms with E-state index >= 15 is 0 Å². The standard InChI is InChI=1S/C52H41N3O/c1-51(2)40-30-29-33(50-53-47(32-17-7-5-8-18-32)49-48(54-50)37-22-12-14-28-44(37)56-49)31-38(40)45-41(51)25-16-26-42(45)55(34-19-9-6-10-20-34)43-27-15-23-36-35-21-11-13-24-39(35)52(3,4)46(36)43/h5-31,47H,1-4H3,(H,53,54). The van der Waals surface area contributed by atoms with Gasteiger partial charge in [0.05, 0.1) is 11.4 Å². The summed E-state index contributed by atoms with van der Waals surface area (Å²) in [6.45, 7) is 9.47. The zero-order valence-corrected chi connectivity index (χ0v) is 32.0. The van der Waals surface area contributed by atoms with Crippen LogP contribution in [0, 0.1) is 0 Å². The number of hydrogen-bond donors (Lipinski definition) is 1. The number of para-hydroxylation sites is 2. The van der Waals surface area contributed by atoms with Gasteiger partial charge in [-0.2, -0.15) is 0 Å². The van der Waals surface area contributed by atoms with E-state index in [0.717, 1.165) is 45.1 Å². The van der Waals surface area contributed by atoms with Gasteiger partial charge in [0.1, 0.15) is 23.1 Å². The summed E-state index contributed by atoms with van der Waals surface area (Å²) < 4.78 is 6.51. The fourth-order valence-corrected chi connectivity index (χ4v) is 9.85. The van der Waals surface area contributed by atoms with Crippen LogP contribution in [0.3, 0.4) is 0 Å². The number of aliphatic imine (C=N–C) groups is 1. The molecule has 7 aromatic carbocycles. The summed E-state index contributed by atoms with van der Waals surface area (Å²) in [6.07, 6.45) is 0. The molecule has 1 unspecified atom stereocenters. The van der Waals surface area contributed by atoms with Crippen LogP contribution in [0.2, 0.25) is 0 Å². The normalized spacial score (nSPS) is 16.6. The third-order valence-electron chi connectivity index (χ3n) is 12.5. The fourth-order valence-electron chi connectivity index (χ4n) is 9.85. The first kappa shape index (κ1) is 32.8. The Kier molecular flexibility index (Phi) is 6.97. The van der Waals surface area contributed by atoms with Crippen LogP contribution in [0.15, 0.2) is 173 Å². The summed E-state index contributed by atoms with van der Waals surface area (Å²) in [7, 11) is 0. The van der Waals surface area contributed by atoms with Crippen LogP contribution in [0.4, 0.5) is 22.7 Å². The van der Waals surface area contributed by atoms with Crippen molar-refractivity contribution >= 4 is 39.6 Å². The van der Waals surface area contributed by atoms with Gasteiger partial charge in [-0.1, -0.05) is 149 Å². The minimum absolute atomic E-state index is 0.181. The molecule has 4 nitrogen and oxygen atoms in total. The highest BCUT2D eigenvalue weighted by Gasteiger charge is 2.42. The number of benzene rings is 7. The molecule has 3 aliphatic rings. The predicted molar refractivity (Wildman–Crippen MR) is 230 cm³/mol. The molecule has 0 fully saturated rings. The van der Waals surface area contributed by atoms with E-state index in [1.807, 2.05) is 12.1 Å². The van der Waals surface area contributed by atoms with Gasteiger partial charge in [0, 0.05) is 33.0 Å². The molecule has 2 heterocycles. The number of nitrogens with one attached hydrogen (secondary N) is 1. The van der Waals surface area contributed by atoms with Crippen molar-refractivity contribution in [2.24, 2.45) is 4.99 Å². The quantitative estimate of drug-likeness (QED) is 0.192. The van der Waals surface area contributed by atoms with Crippen LogP contribution in [0.5, 0.6) is 0 Å². The Bertz CT molecular complexity index is 2900. The maximum absolute atomic E-state index is 6.51. The number of fused-ring (bicyclic) bond motifs is 9. The van der Waals surface area contributed by atoms with Gasteiger partial charge in [0.2, 0.25) is 0 Å². The molecule has 1 aliphatic heterocycles. The first-order chi connectivity index (χ1) is 27.3. The van der Waals surface area contributed by atoms with Crippen LogP contribution in [0.1, 0.15) is 72.9 Å². The van der Waals surface area contributed by atoms with Gasteiger partial charge in [-0.05, 0) is 87.0 Å². The lowest BCUT2D eigenvalue weighted by molar-refractivity contribution is 0.504. The zero-order valence-electron chi connectivity index (χ0n) is 32.0. The van der Waals surface area contributed by atoms with Crippen molar-refractivity contribution in [2.75, 3.05) is 4.90 Å². The molecule has 1 atom stereocenters. The van der Waals surface area contributed by atoms with Crippen molar-refractivity contribution in [1.29, 1.82) is 0 Å². The number of rotatable bonds is 5. The van der Waals surface area contributed by atoms with Gasteiger partial charge >= 0.3 is 0 Å². The molecule has 1 N–H and O–H groups in total. The highest BCUT2D eigenvalue weighted by atomic mass is 16.3. The molecule has 0 saturated carbocycles. The molecule has 270 valence electrons. The Morgan fingerprint density at radius 1 is 0.571 bits per heavy atom. The SMILES string of the molecule is CC1(C)c2ccc(C3=Nc4c(oc5ccccc45)C(c4ccccc4)N3)cc2-c2c(N(c3ccccc3)c3cccc4c3C(C)(C)c3ccccc3-4)cccc21. The van der Waals surface area contributed by atoms with Crippen molar-refractivity contribution in [2.45, 2.75) is 44.6 Å². The van der Waals surface area contributed by atoms with Gasteiger partial charge in [0.25, 0.3) is 0 Å². The van der Waals surface area contributed by atoms with E-state index in [0.29, 0.717) is 0 Å². The van der Waals surface area contributed by atoms with Gasteiger partial charge in [-0.15, -0.1) is 0 Å². The van der Waals surface area contributed by atoms with E-state index in [9.17, 15) is 0 Å². The monoisotopic (exact) mass is 723 g/mol. The van der Waals surface area contributed by atoms with E-state index < -0.39 is 0 Å². The molecular formula is C52H41N3O. The maximum Gasteiger partial charge on any atom is 0.157 e.